The van der Waals surface area contributed by atoms with Crippen molar-refractivity contribution in [2.24, 2.45) is 0 Å². The number of rotatable bonds is 3. The Morgan fingerprint density at radius 1 is 0.550 bits per heavy atom. The molecule has 0 saturated carbocycles. The van der Waals surface area contributed by atoms with Crippen LogP contribution in [0.3, 0.4) is 0 Å². The van der Waals surface area contributed by atoms with Crippen molar-refractivity contribution in [3.05, 3.63) is 78.9 Å². The van der Waals surface area contributed by atoms with Crippen LogP contribution in [-0.2, 0) is 0 Å². The van der Waals surface area contributed by atoms with Crippen molar-refractivity contribution < 1.29 is 3.79 Å². The molecular weight excluding hydrogens is 259 g/mol. The fraction of sp³-hybridized carbons (Fsp3) is 0. The average molecular weight is 272 g/mol. The van der Waals surface area contributed by atoms with E-state index in [1.165, 1.54) is 0 Å². The third-order valence-corrected chi connectivity index (χ3v) is 3.54. The summed E-state index contributed by atoms with van der Waals surface area (Å²) in [5.41, 5.74) is 4.51. The summed E-state index contributed by atoms with van der Waals surface area (Å²) in [6.07, 6.45) is 0. The molecule has 2 heteroatoms. The molecule has 0 amide bonds. The van der Waals surface area contributed by atoms with Gasteiger partial charge in [-0.15, -0.1) is 0 Å². The first-order chi connectivity index (χ1) is 9.90. The number of hydrogen-bond acceptors (Lipinski definition) is 1. The molecule has 0 bridgehead atoms. The van der Waals surface area contributed by atoms with Gasteiger partial charge in [-0.25, -0.2) is 0 Å². The van der Waals surface area contributed by atoms with Crippen LogP contribution in [0, 0.1) is 0 Å². The average Bonchev–Trinajstić information content (AvgIpc) is 2.55. The van der Waals surface area contributed by atoms with E-state index in [1.54, 1.807) is 0 Å². The third-order valence-electron chi connectivity index (χ3n) is 3.30. The molecular formula is C18H13AlO+2. The Labute approximate surface area is 127 Å². The zero-order chi connectivity index (χ0) is 13.8. The second kappa shape index (κ2) is 5.96. The Hall–Kier alpha value is -2.01. The van der Waals surface area contributed by atoms with Gasteiger partial charge in [0.05, 0.1) is 0 Å². The Morgan fingerprint density at radius 3 is 1.40 bits per heavy atom. The molecule has 0 atom stereocenters. The van der Waals surface area contributed by atoms with Gasteiger partial charge in [0.2, 0.25) is 0 Å². The molecule has 0 aromatic heterocycles. The monoisotopic (exact) mass is 272 g/mol. The Morgan fingerprint density at radius 2 is 1.00 bits per heavy atom. The molecule has 0 saturated heterocycles. The second-order valence-corrected chi connectivity index (χ2v) is 4.77. The van der Waals surface area contributed by atoms with Crippen LogP contribution < -0.4 is 3.79 Å². The minimum atomic E-state index is 0.884. The van der Waals surface area contributed by atoms with E-state index in [1.807, 2.05) is 36.4 Å². The van der Waals surface area contributed by atoms with Crippen molar-refractivity contribution in [2.75, 3.05) is 0 Å². The first-order valence-corrected chi connectivity index (χ1v) is 6.98. The molecule has 1 nitrogen and oxygen atoms in total. The summed E-state index contributed by atoms with van der Waals surface area (Å²) in [4.78, 5) is 0. The summed E-state index contributed by atoms with van der Waals surface area (Å²) in [7, 11) is 0. The SMILES string of the molecule is [Al+2][O]c1c(-c2ccccc2)cccc1-c1ccccc1. The zero-order valence-electron chi connectivity index (χ0n) is 11.0. The number of hydrogen-bond donors (Lipinski definition) is 0. The fourth-order valence-corrected chi connectivity index (χ4v) is 2.61. The number of benzene rings is 3. The van der Waals surface area contributed by atoms with E-state index in [9.17, 15) is 0 Å². The van der Waals surface area contributed by atoms with E-state index in [-0.39, 0.29) is 0 Å². The summed E-state index contributed by atoms with van der Waals surface area (Å²) in [5.74, 6) is 0.884. The maximum absolute atomic E-state index is 5.60. The molecule has 0 radical (unpaired) electrons. The van der Waals surface area contributed by atoms with Gasteiger partial charge in [-0.05, 0) is 0 Å². The summed E-state index contributed by atoms with van der Waals surface area (Å²) >= 11 is 2.36. The van der Waals surface area contributed by atoms with Crippen LogP contribution in [0.15, 0.2) is 78.9 Å². The van der Waals surface area contributed by atoms with Crippen molar-refractivity contribution in [1.82, 2.24) is 0 Å². The Bertz CT molecular complexity index is 635. The molecule has 3 aromatic carbocycles. The van der Waals surface area contributed by atoms with Gasteiger partial charge in [-0.3, -0.25) is 0 Å². The molecule has 0 aliphatic rings. The predicted molar refractivity (Wildman–Crippen MR) is 83.7 cm³/mol. The fourth-order valence-electron chi connectivity index (χ4n) is 2.35. The second-order valence-electron chi connectivity index (χ2n) is 4.53. The molecule has 0 N–H and O–H groups in total. The van der Waals surface area contributed by atoms with Crippen LogP contribution >= 0.6 is 0 Å². The first kappa shape index (κ1) is 13.0. The minimum absolute atomic E-state index is 0.884. The first-order valence-electron chi connectivity index (χ1n) is 6.51. The molecule has 0 unspecified atom stereocenters. The van der Waals surface area contributed by atoms with E-state index in [2.05, 4.69) is 59.1 Å². The van der Waals surface area contributed by atoms with Crippen LogP contribution in [0.1, 0.15) is 0 Å². The van der Waals surface area contributed by atoms with Crippen molar-refractivity contribution >= 4 is 16.6 Å². The summed E-state index contributed by atoms with van der Waals surface area (Å²) in [5, 5.41) is 0. The van der Waals surface area contributed by atoms with E-state index < -0.39 is 0 Å². The van der Waals surface area contributed by atoms with Crippen molar-refractivity contribution in [2.45, 2.75) is 0 Å². The molecule has 0 aliphatic carbocycles. The normalized spacial score (nSPS) is 10.3. The molecule has 3 rings (SSSR count). The van der Waals surface area contributed by atoms with Gasteiger partial charge in [0.25, 0.3) is 0 Å². The summed E-state index contributed by atoms with van der Waals surface area (Å²) in [6, 6.07) is 26.8. The summed E-state index contributed by atoms with van der Waals surface area (Å²) in [6.45, 7) is 0. The predicted octanol–water partition coefficient (Wildman–Crippen LogP) is 4.48. The van der Waals surface area contributed by atoms with E-state index in [0.717, 1.165) is 28.0 Å². The standard InChI is InChI=1S/C18H14O.Al/c19-18-16(14-8-3-1-4-9-14)12-7-13-17(18)15-10-5-2-6-11-15;/h1-13,19H;/q;+3/p-1. The molecule has 0 aliphatic heterocycles. The third kappa shape index (κ3) is 2.49. The van der Waals surface area contributed by atoms with Crippen LogP contribution in [0.25, 0.3) is 22.3 Å². The number of para-hydroxylation sites is 1. The maximum atomic E-state index is 5.60. The van der Waals surface area contributed by atoms with Gasteiger partial charge in [0, 0.05) is 0 Å². The van der Waals surface area contributed by atoms with Gasteiger partial charge in [-0.2, -0.15) is 0 Å². The summed E-state index contributed by atoms with van der Waals surface area (Å²) < 4.78 is 5.60. The molecule has 0 heterocycles. The van der Waals surface area contributed by atoms with E-state index in [0.29, 0.717) is 0 Å². The molecule has 0 fully saturated rings. The van der Waals surface area contributed by atoms with Gasteiger partial charge in [0.15, 0.2) is 0 Å². The topological polar surface area (TPSA) is 9.23 Å². The van der Waals surface area contributed by atoms with Gasteiger partial charge >= 0.3 is 127 Å². The van der Waals surface area contributed by atoms with E-state index in [4.69, 9.17) is 3.79 Å². The Kier molecular flexibility index (Phi) is 3.88. The van der Waals surface area contributed by atoms with Gasteiger partial charge < -0.3 is 0 Å². The quantitative estimate of drug-likeness (QED) is 0.639. The van der Waals surface area contributed by atoms with Gasteiger partial charge in [-0.1, -0.05) is 0 Å². The van der Waals surface area contributed by atoms with Crippen LogP contribution in [-0.4, -0.2) is 16.6 Å². The van der Waals surface area contributed by atoms with Gasteiger partial charge in [0.1, 0.15) is 0 Å². The van der Waals surface area contributed by atoms with Crippen LogP contribution in [0.2, 0.25) is 0 Å². The van der Waals surface area contributed by atoms with Crippen molar-refractivity contribution in [3.63, 3.8) is 0 Å². The van der Waals surface area contributed by atoms with Crippen LogP contribution in [0.4, 0.5) is 0 Å². The molecule has 20 heavy (non-hydrogen) atoms. The molecule has 92 valence electrons. The zero-order valence-corrected chi connectivity index (χ0v) is 12.1. The molecule has 0 spiro atoms. The Balaban J connectivity index is 2.19. The molecule has 3 aromatic rings. The van der Waals surface area contributed by atoms with E-state index >= 15 is 0 Å². The van der Waals surface area contributed by atoms with Crippen LogP contribution in [0.5, 0.6) is 5.75 Å². The van der Waals surface area contributed by atoms with Crippen molar-refractivity contribution in [1.29, 1.82) is 0 Å². The van der Waals surface area contributed by atoms with Crippen molar-refractivity contribution in [3.8, 4) is 28.0 Å².